The molecule has 1 heterocycles. The Balaban J connectivity index is 1.78. The van der Waals surface area contributed by atoms with Gasteiger partial charge < -0.3 is 4.74 Å². The summed E-state index contributed by atoms with van der Waals surface area (Å²) >= 11 is 13.6. The molecule has 1 aromatic heterocycles. The molecule has 0 aliphatic heterocycles. The second kappa shape index (κ2) is 8.39. The zero-order valence-corrected chi connectivity index (χ0v) is 17.2. The number of halogens is 2. The van der Waals surface area contributed by atoms with Crippen molar-refractivity contribution >= 4 is 50.7 Å². The molecule has 140 valence electrons. The van der Waals surface area contributed by atoms with Crippen LogP contribution in [0.2, 0.25) is 10.0 Å². The van der Waals surface area contributed by atoms with Gasteiger partial charge in [0.15, 0.2) is 0 Å². The number of pyridine rings is 1. The van der Waals surface area contributed by atoms with E-state index in [4.69, 9.17) is 27.9 Å². The number of aromatic nitrogens is 1. The van der Waals surface area contributed by atoms with Crippen molar-refractivity contribution in [3.8, 4) is 11.5 Å². The number of sulfonamides is 1. The first-order chi connectivity index (χ1) is 12.9. The number of rotatable bonds is 6. The van der Waals surface area contributed by atoms with E-state index in [0.29, 0.717) is 22.2 Å². The molecule has 0 saturated heterocycles. The Labute approximate surface area is 171 Å². The maximum atomic E-state index is 12.5. The summed E-state index contributed by atoms with van der Waals surface area (Å²) < 4.78 is 33.2. The number of hydrogen-bond acceptors (Lipinski definition) is 5. The molecule has 0 atom stereocenters. The van der Waals surface area contributed by atoms with E-state index in [0.717, 1.165) is 4.90 Å². The van der Waals surface area contributed by atoms with Crippen molar-refractivity contribution in [1.82, 2.24) is 4.98 Å². The number of nitrogens with zero attached hydrogens (tertiary/aromatic N) is 1. The Bertz CT molecular complexity index is 1060. The van der Waals surface area contributed by atoms with E-state index >= 15 is 0 Å². The summed E-state index contributed by atoms with van der Waals surface area (Å²) in [6, 6.07) is 12.8. The number of anilines is 1. The number of ether oxygens (including phenoxy) is 1. The van der Waals surface area contributed by atoms with E-state index in [1.807, 2.05) is 6.26 Å². The summed E-state index contributed by atoms with van der Waals surface area (Å²) in [5, 5.41) is 0.674. The van der Waals surface area contributed by atoms with Crippen LogP contribution in [0.3, 0.4) is 0 Å². The molecule has 0 amide bonds. The highest BCUT2D eigenvalue weighted by molar-refractivity contribution is 7.98. The third-order valence-electron chi connectivity index (χ3n) is 3.46. The summed E-state index contributed by atoms with van der Waals surface area (Å²) in [6.07, 6.45) is 4.91. The van der Waals surface area contributed by atoms with Crippen LogP contribution in [0.25, 0.3) is 0 Å². The Morgan fingerprint density at radius 1 is 1.04 bits per heavy atom. The number of thioether (sulfide) groups is 1. The van der Waals surface area contributed by atoms with Gasteiger partial charge >= 0.3 is 0 Å². The van der Waals surface area contributed by atoms with E-state index < -0.39 is 10.0 Å². The monoisotopic (exact) mass is 440 g/mol. The molecule has 0 radical (unpaired) electrons. The average molecular weight is 441 g/mol. The molecule has 0 spiro atoms. The predicted octanol–water partition coefficient (Wildman–Crippen LogP) is 5.70. The minimum absolute atomic E-state index is 0.168. The van der Waals surface area contributed by atoms with Crippen LogP contribution in [0.4, 0.5) is 5.69 Å². The molecule has 0 aliphatic rings. The smallest absolute Gasteiger partial charge is 0.261 e. The molecule has 0 bridgehead atoms. The predicted molar refractivity (Wildman–Crippen MR) is 110 cm³/mol. The van der Waals surface area contributed by atoms with E-state index in [9.17, 15) is 8.42 Å². The molecular weight excluding hydrogens is 427 g/mol. The minimum Gasteiger partial charge on any atom is -0.454 e. The Kier molecular flexibility index (Phi) is 6.16. The maximum absolute atomic E-state index is 12.5. The number of hydrogen-bond donors (Lipinski definition) is 1. The van der Waals surface area contributed by atoms with Gasteiger partial charge in [-0.1, -0.05) is 23.2 Å². The highest BCUT2D eigenvalue weighted by Crippen LogP contribution is 2.33. The second-order valence-electron chi connectivity index (χ2n) is 5.37. The molecule has 0 unspecified atom stereocenters. The van der Waals surface area contributed by atoms with Crippen molar-refractivity contribution in [2.24, 2.45) is 0 Å². The highest BCUT2D eigenvalue weighted by atomic mass is 35.5. The van der Waals surface area contributed by atoms with E-state index in [-0.39, 0.29) is 9.92 Å². The maximum Gasteiger partial charge on any atom is 0.261 e. The third kappa shape index (κ3) is 5.07. The molecule has 3 rings (SSSR count). The van der Waals surface area contributed by atoms with Crippen LogP contribution in [0.15, 0.2) is 70.7 Å². The van der Waals surface area contributed by atoms with Crippen molar-refractivity contribution in [3.63, 3.8) is 0 Å². The number of nitrogens with one attached hydrogen (secondary N) is 1. The molecule has 5 nitrogen and oxygen atoms in total. The van der Waals surface area contributed by atoms with Gasteiger partial charge in [-0.15, -0.1) is 11.8 Å². The second-order valence-corrected chi connectivity index (χ2v) is 8.77. The first kappa shape index (κ1) is 19.8. The Morgan fingerprint density at radius 3 is 2.41 bits per heavy atom. The minimum atomic E-state index is -3.72. The van der Waals surface area contributed by atoms with Crippen LogP contribution >= 0.6 is 35.0 Å². The van der Waals surface area contributed by atoms with E-state index in [1.165, 1.54) is 30.2 Å². The Hall–Kier alpha value is -1.93. The van der Waals surface area contributed by atoms with Crippen molar-refractivity contribution in [1.29, 1.82) is 0 Å². The normalized spacial score (nSPS) is 11.2. The van der Waals surface area contributed by atoms with Crippen LogP contribution in [-0.4, -0.2) is 19.7 Å². The molecule has 0 saturated carbocycles. The summed E-state index contributed by atoms with van der Waals surface area (Å²) in [5.74, 6) is 0.777. The molecular formula is C18H14Cl2N2O3S2. The highest BCUT2D eigenvalue weighted by Gasteiger charge is 2.15. The van der Waals surface area contributed by atoms with Crippen molar-refractivity contribution in [2.45, 2.75) is 9.79 Å². The van der Waals surface area contributed by atoms with Gasteiger partial charge in [0, 0.05) is 17.2 Å². The van der Waals surface area contributed by atoms with Crippen molar-refractivity contribution in [2.75, 3.05) is 11.0 Å². The standard InChI is InChI=1S/C18H14Cl2N2O3S2/c1-26-15-3-5-16(6-4-15)27(23,24)22-13-2-7-18(17(20)9-13)25-14-8-12(19)10-21-11-14/h2-11,22H,1H3. The van der Waals surface area contributed by atoms with Gasteiger partial charge in [0.05, 0.1) is 26.8 Å². The lowest BCUT2D eigenvalue weighted by Crippen LogP contribution is -2.12. The van der Waals surface area contributed by atoms with Gasteiger partial charge in [-0.25, -0.2) is 8.42 Å². The van der Waals surface area contributed by atoms with Gasteiger partial charge in [-0.2, -0.15) is 0 Å². The SMILES string of the molecule is CSc1ccc(S(=O)(=O)Nc2ccc(Oc3cncc(Cl)c3)c(Cl)c2)cc1. The van der Waals surface area contributed by atoms with E-state index in [1.54, 1.807) is 42.5 Å². The lowest BCUT2D eigenvalue weighted by atomic mass is 10.3. The summed E-state index contributed by atoms with van der Waals surface area (Å²) in [6.45, 7) is 0. The zero-order valence-electron chi connectivity index (χ0n) is 14.0. The summed E-state index contributed by atoms with van der Waals surface area (Å²) in [7, 11) is -3.72. The third-order valence-corrected chi connectivity index (χ3v) is 6.10. The molecule has 0 aliphatic carbocycles. The van der Waals surface area contributed by atoms with Gasteiger partial charge in [0.2, 0.25) is 0 Å². The van der Waals surface area contributed by atoms with Crippen LogP contribution in [0.5, 0.6) is 11.5 Å². The van der Waals surface area contributed by atoms with Gasteiger partial charge in [-0.05, 0) is 48.7 Å². The molecule has 9 heteroatoms. The van der Waals surface area contributed by atoms with Crippen molar-refractivity contribution in [3.05, 3.63) is 71.0 Å². The fourth-order valence-electron chi connectivity index (χ4n) is 2.19. The van der Waals surface area contributed by atoms with Gasteiger partial charge in [-0.3, -0.25) is 9.71 Å². The molecule has 0 fully saturated rings. The first-order valence-corrected chi connectivity index (χ1v) is 11.1. The zero-order chi connectivity index (χ0) is 19.4. The molecule has 27 heavy (non-hydrogen) atoms. The van der Waals surface area contributed by atoms with Crippen molar-refractivity contribution < 1.29 is 13.2 Å². The topological polar surface area (TPSA) is 68.3 Å². The quantitative estimate of drug-likeness (QED) is 0.497. The van der Waals surface area contributed by atoms with Crippen LogP contribution in [-0.2, 0) is 10.0 Å². The molecule has 2 aromatic carbocycles. The fraction of sp³-hybridized carbons (Fsp3) is 0.0556. The van der Waals surface area contributed by atoms with Crippen LogP contribution < -0.4 is 9.46 Å². The summed E-state index contributed by atoms with van der Waals surface area (Å²) in [4.78, 5) is 5.08. The van der Waals surface area contributed by atoms with Gasteiger partial charge in [0.25, 0.3) is 10.0 Å². The average Bonchev–Trinajstić information content (AvgIpc) is 2.64. The first-order valence-electron chi connectivity index (χ1n) is 7.62. The number of benzene rings is 2. The van der Waals surface area contributed by atoms with Crippen LogP contribution in [0, 0.1) is 0 Å². The van der Waals surface area contributed by atoms with Gasteiger partial charge in [0.1, 0.15) is 11.5 Å². The van der Waals surface area contributed by atoms with Crippen LogP contribution in [0.1, 0.15) is 0 Å². The summed E-state index contributed by atoms with van der Waals surface area (Å²) in [5.41, 5.74) is 0.325. The fourth-order valence-corrected chi connectivity index (χ4v) is 4.03. The molecule has 1 N–H and O–H groups in total. The largest absolute Gasteiger partial charge is 0.454 e. The lowest BCUT2D eigenvalue weighted by Gasteiger charge is -2.11. The Morgan fingerprint density at radius 2 is 1.78 bits per heavy atom. The lowest BCUT2D eigenvalue weighted by molar-refractivity contribution is 0.480. The van der Waals surface area contributed by atoms with E-state index in [2.05, 4.69) is 9.71 Å². The molecule has 3 aromatic rings.